The van der Waals surface area contributed by atoms with Gasteiger partial charge in [0.1, 0.15) is 0 Å². The van der Waals surface area contributed by atoms with Gasteiger partial charge in [0.25, 0.3) is 0 Å². The van der Waals surface area contributed by atoms with Crippen LogP contribution in [0.15, 0.2) is 30.9 Å². The number of nitrogens with zero attached hydrogens (tertiary/aromatic N) is 2. The molecule has 0 unspecified atom stereocenters. The van der Waals surface area contributed by atoms with Gasteiger partial charge in [-0.05, 0) is 19.1 Å². The van der Waals surface area contributed by atoms with E-state index in [1.54, 1.807) is 6.33 Å². The molecule has 0 bridgehead atoms. The third-order valence-corrected chi connectivity index (χ3v) is 1.71. The van der Waals surface area contributed by atoms with Crippen molar-refractivity contribution in [3.8, 4) is 11.3 Å². The molecule has 0 amide bonds. The Kier molecular flexibility index (Phi) is 1.63. The number of aryl methyl sites for hydroxylation is 1. The molecular formula is C9H9N3. The smallest absolute Gasteiger partial charge is 0.0927 e. The van der Waals surface area contributed by atoms with Crippen molar-refractivity contribution in [2.24, 2.45) is 0 Å². The van der Waals surface area contributed by atoms with Gasteiger partial charge in [0, 0.05) is 23.7 Å². The number of rotatable bonds is 1. The molecule has 2 rings (SSSR count). The van der Waals surface area contributed by atoms with Crippen molar-refractivity contribution < 1.29 is 0 Å². The van der Waals surface area contributed by atoms with Crippen molar-refractivity contribution in [2.45, 2.75) is 6.92 Å². The Balaban J connectivity index is 2.43. The fourth-order valence-corrected chi connectivity index (χ4v) is 1.04. The van der Waals surface area contributed by atoms with Crippen LogP contribution < -0.4 is 0 Å². The van der Waals surface area contributed by atoms with Gasteiger partial charge in [0.05, 0.1) is 12.0 Å². The van der Waals surface area contributed by atoms with Crippen LogP contribution in [0.25, 0.3) is 11.3 Å². The lowest BCUT2D eigenvalue weighted by molar-refractivity contribution is 1.20. The first-order valence-corrected chi connectivity index (χ1v) is 3.78. The van der Waals surface area contributed by atoms with Crippen molar-refractivity contribution in [1.82, 2.24) is 15.0 Å². The van der Waals surface area contributed by atoms with Crippen LogP contribution in [0.4, 0.5) is 0 Å². The highest BCUT2D eigenvalue weighted by Crippen LogP contribution is 2.13. The summed E-state index contributed by atoms with van der Waals surface area (Å²) < 4.78 is 0. The number of aromatic amines is 1. The van der Waals surface area contributed by atoms with E-state index in [0.717, 1.165) is 17.0 Å². The number of hydrogen-bond donors (Lipinski definition) is 1. The number of aromatic nitrogens is 3. The molecule has 1 N–H and O–H groups in total. The SMILES string of the molecule is Cc1ccc(-c2c[nH]cn2)cn1. The summed E-state index contributed by atoms with van der Waals surface area (Å²) in [6.45, 7) is 1.97. The summed E-state index contributed by atoms with van der Waals surface area (Å²) in [4.78, 5) is 11.2. The van der Waals surface area contributed by atoms with Gasteiger partial charge in [0.15, 0.2) is 0 Å². The van der Waals surface area contributed by atoms with E-state index < -0.39 is 0 Å². The zero-order valence-electron chi connectivity index (χ0n) is 6.78. The van der Waals surface area contributed by atoms with Gasteiger partial charge in [-0.15, -0.1) is 0 Å². The van der Waals surface area contributed by atoms with Crippen LogP contribution in [0.2, 0.25) is 0 Å². The second-order valence-corrected chi connectivity index (χ2v) is 2.64. The van der Waals surface area contributed by atoms with Gasteiger partial charge >= 0.3 is 0 Å². The Hall–Kier alpha value is -1.64. The molecule has 0 radical (unpaired) electrons. The lowest BCUT2D eigenvalue weighted by Crippen LogP contribution is -1.81. The van der Waals surface area contributed by atoms with Crippen molar-refractivity contribution in [1.29, 1.82) is 0 Å². The predicted octanol–water partition coefficient (Wildman–Crippen LogP) is 1.78. The quantitative estimate of drug-likeness (QED) is 0.689. The maximum Gasteiger partial charge on any atom is 0.0927 e. The van der Waals surface area contributed by atoms with E-state index in [1.165, 1.54) is 0 Å². The van der Waals surface area contributed by atoms with E-state index in [9.17, 15) is 0 Å². The van der Waals surface area contributed by atoms with Gasteiger partial charge < -0.3 is 4.98 Å². The van der Waals surface area contributed by atoms with Crippen LogP contribution in [-0.4, -0.2) is 15.0 Å². The standard InChI is InChI=1S/C9H9N3/c1-7-2-3-8(4-11-7)9-5-10-6-12-9/h2-6H,1H3,(H,10,12). The normalized spacial score (nSPS) is 10.1. The molecule has 2 aromatic heterocycles. The first-order valence-electron chi connectivity index (χ1n) is 3.78. The number of imidazole rings is 1. The highest BCUT2D eigenvalue weighted by molar-refractivity contribution is 5.56. The maximum absolute atomic E-state index is 4.18. The first-order chi connectivity index (χ1) is 5.86. The van der Waals surface area contributed by atoms with Gasteiger partial charge in [0.2, 0.25) is 0 Å². The molecule has 0 atom stereocenters. The summed E-state index contributed by atoms with van der Waals surface area (Å²) in [6.07, 6.45) is 5.34. The Morgan fingerprint density at radius 2 is 2.17 bits per heavy atom. The van der Waals surface area contributed by atoms with Crippen molar-refractivity contribution >= 4 is 0 Å². The first kappa shape index (κ1) is 7.03. The molecule has 0 aliphatic carbocycles. The summed E-state index contributed by atoms with van der Waals surface area (Å²) >= 11 is 0. The van der Waals surface area contributed by atoms with Crippen molar-refractivity contribution in [3.63, 3.8) is 0 Å². The van der Waals surface area contributed by atoms with Gasteiger partial charge in [-0.25, -0.2) is 4.98 Å². The molecule has 0 saturated heterocycles. The number of nitrogens with one attached hydrogen (secondary N) is 1. The topological polar surface area (TPSA) is 41.6 Å². The summed E-state index contributed by atoms with van der Waals surface area (Å²) in [5.74, 6) is 0. The van der Waals surface area contributed by atoms with Crippen LogP contribution in [0.3, 0.4) is 0 Å². The summed E-state index contributed by atoms with van der Waals surface area (Å²) in [5.41, 5.74) is 3.00. The molecule has 0 aliphatic rings. The minimum atomic E-state index is 0.933. The molecule has 2 heterocycles. The minimum Gasteiger partial charge on any atom is -0.351 e. The Morgan fingerprint density at radius 3 is 2.75 bits per heavy atom. The molecule has 2 aromatic rings. The monoisotopic (exact) mass is 159 g/mol. The zero-order chi connectivity index (χ0) is 8.39. The molecule has 0 aliphatic heterocycles. The fraction of sp³-hybridized carbons (Fsp3) is 0.111. The van der Waals surface area contributed by atoms with Crippen LogP contribution in [-0.2, 0) is 0 Å². The van der Waals surface area contributed by atoms with E-state index in [0.29, 0.717) is 0 Å². The van der Waals surface area contributed by atoms with Crippen LogP contribution in [0, 0.1) is 6.92 Å². The van der Waals surface area contributed by atoms with Gasteiger partial charge in [-0.1, -0.05) is 0 Å². The summed E-state index contributed by atoms with van der Waals surface area (Å²) in [6, 6.07) is 3.99. The van der Waals surface area contributed by atoms with Gasteiger partial charge in [-0.2, -0.15) is 0 Å². The molecule has 3 nitrogen and oxygen atoms in total. The van der Waals surface area contributed by atoms with Crippen molar-refractivity contribution in [3.05, 3.63) is 36.5 Å². The van der Waals surface area contributed by atoms with E-state index in [4.69, 9.17) is 0 Å². The van der Waals surface area contributed by atoms with E-state index in [-0.39, 0.29) is 0 Å². The van der Waals surface area contributed by atoms with E-state index >= 15 is 0 Å². The average Bonchev–Trinajstić information content (AvgIpc) is 2.58. The second kappa shape index (κ2) is 2.77. The molecule has 0 fully saturated rings. The highest BCUT2D eigenvalue weighted by atomic mass is 14.9. The Bertz CT molecular complexity index is 348. The van der Waals surface area contributed by atoms with Crippen LogP contribution in [0.1, 0.15) is 5.69 Å². The average molecular weight is 159 g/mol. The molecule has 60 valence electrons. The molecular weight excluding hydrogens is 150 g/mol. The van der Waals surface area contributed by atoms with E-state index in [1.807, 2.05) is 31.5 Å². The number of pyridine rings is 1. The van der Waals surface area contributed by atoms with Gasteiger partial charge in [-0.3, -0.25) is 4.98 Å². The van der Waals surface area contributed by atoms with Crippen molar-refractivity contribution in [2.75, 3.05) is 0 Å². The third-order valence-electron chi connectivity index (χ3n) is 1.71. The van der Waals surface area contributed by atoms with E-state index in [2.05, 4.69) is 15.0 Å². The lowest BCUT2D eigenvalue weighted by atomic mass is 10.2. The third kappa shape index (κ3) is 1.21. The lowest BCUT2D eigenvalue weighted by Gasteiger charge is -1.95. The Labute approximate surface area is 70.5 Å². The highest BCUT2D eigenvalue weighted by Gasteiger charge is 1.97. The molecule has 0 spiro atoms. The molecule has 0 saturated carbocycles. The molecule has 0 aromatic carbocycles. The van der Waals surface area contributed by atoms with Crippen LogP contribution in [0.5, 0.6) is 0 Å². The molecule has 12 heavy (non-hydrogen) atoms. The zero-order valence-corrected chi connectivity index (χ0v) is 6.78. The number of hydrogen-bond acceptors (Lipinski definition) is 2. The molecule has 3 heteroatoms. The minimum absolute atomic E-state index is 0.933. The Morgan fingerprint density at radius 1 is 1.25 bits per heavy atom. The summed E-state index contributed by atoms with van der Waals surface area (Å²) in [5, 5.41) is 0. The maximum atomic E-state index is 4.18. The predicted molar refractivity (Wildman–Crippen MR) is 46.6 cm³/mol. The number of H-pyrrole nitrogens is 1. The fourth-order valence-electron chi connectivity index (χ4n) is 1.04. The van der Waals surface area contributed by atoms with Crippen LogP contribution >= 0.6 is 0 Å². The largest absolute Gasteiger partial charge is 0.351 e. The second-order valence-electron chi connectivity index (χ2n) is 2.64. The summed E-state index contributed by atoms with van der Waals surface area (Å²) in [7, 11) is 0.